The third-order valence-corrected chi connectivity index (χ3v) is 10.4. The highest BCUT2D eigenvalue weighted by Crippen LogP contribution is 2.45. The van der Waals surface area contributed by atoms with Crippen LogP contribution in [0.3, 0.4) is 0 Å². The summed E-state index contributed by atoms with van der Waals surface area (Å²) in [6, 6.07) is 3.58. The zero-order chi connectivity index (χ0) is 21.3. The Balaban J connectivity index is 3.18. The van der Waals surface area contributed by atoms with Gasteiger partial charge in [-0.3, -0.25) is 9.79 Å². The van der Waals surface area contributed by atoms with E-state index in [1.165, 1.54) is 0 Å². The molecule has 0 unspecified atom stereocenters. The molecule has 0 bridgehead atoms. The van der Waals surface area contributed by atoms with Crippen LogP contribution in [0.2, 0.25) is 18.1 Å². The number of phosphoric acid groups is 1. The topological polar surface area (TPSA) is 76.0 Å². The molecule has 0 aliphatic rings. The van der Waals surface area contributed by atoms with Crippen molar-refractivity contribution >= 4 is 22.2 Å². The quantitative estimate of drug-likeness (QED) is 0.415. The lowest BCUT2D eigenvalue weighted by Crippen LogP contribution is -2.41. The van der Waals surface area contributed by atoms with E-state index in [0.29, 0.717) is 13.0 Å². The van der Waals surface area contributed by atoms with Crippen molar-refractivity contribution in [3.05, 3.63) is 35.4 Å². The first kappa shape index (κ1) is 24.1. The number of hydrogen-bond donors (Lipinski definition) is 2. The summed E-state index contributed by atoms with van der Waals surface area (Å²) in [5.74, 6) is 0.204. The molecule has 1 aromatic rings. The fourth-order valence-electron chi connectivity index (χ4n) is 2.87. The largest absolute Gasteiger partial charge is 0.524 e. The summed E-state index contributed by atoms with van der Waals surface area (Å²) in [5, 5.41) is 0.132. The van der Waals surface area contributed by atoms with Crippen molar-refractivity contribution in [2.45, 2.75) is 71.5 Å². The average molecular weight is 415 g/mol. The molecule has 154 valence electrons. The van der Waals surface area contributed by atoms with E-state index in [1.54, 1.807) is 12.1 Å². The minimum Gasteiger partial charge on any atom is -0.417 e. The second-order valence-corrected chi connectivity index (χ2v) is 15.2. The van der Waals surface area contributed by atoms with Gasteiger partial charge in [-0.15, -0.1) is 0 Å². The highest BCUT2D eigenvalue weighted by atomic mass is 31.2. The summed E-state index contributed by atoms with van der Waals surface area (Å²) in [7, 11) is -6.52. The van der Waals surface area contributed by atoms with Crippen LogP contribution in [-0.2, 0) is 14.4 Å². The second kappa shape index (κ2) is 8.22. The smallest absolute Gasteiger partial charge is 0.417 e. The van der Waals surface area contributed by atoms with Gasteiger partial charge in [0.25, 0.3) is 0 Å². The predicted octanol–water partition coefficient (Wildman–Crippen LogP) is 5.80. The van der Waals surface area contributed by atoms with E-state index in [1.807, 2.05) is 26.8 Å². The molecule has 0 heterocycles. The molecule has 0 amide bonds. The minimum absolute atomic E-state index is 0.132. The Kier molecular flexibility index (Phi) is 7.34. The molecule has 0 fully saturated rings. The standard InChI is InChI=1S/C20H35O5PSi/c1-10-16-13-15(2)18(17(14-16)25-26(21,22)23)20(6,7)11-12-24-27(8,9)19(3,4)5/h10,13-14H,1,11-12H2,2-9H3,(H2,21,22,23). The number of benzene rings is 1. The maximum atomic E-state index is 11.5. The lowest BCUT2D eigenvalue weighted by molar-refractivity contribution is 0.247. The molecular weight excluding hydrogens is 379 g/mol. The number of aryl methyl sites for hydroxylation is 1. The monoisotopic (exact) mass is 414 g/mol. The van der Waals surface area contributed by atoms with E-state index in [-0.39, 0.29) is 16.2 Å². The van der Waals surface area contributed by atoms with Gasteiger partial charge in [-0.1, -0.05) is 53.3 Å². The van der Waals surface area contributed by atoms with Crippen molar-refractivity contribution in [1.29, 1.82) is 0 Å². The second-order valence-electron chi connectivity index (χ2n) is 9.24. The van der Waals surface area contributed by atoms with Crippen LogP contribution in [0.5, 0.6) is 5.75 Å². The van der Waals surface area contributed by atoms with Crippen LogP contribution in [0.4, 0.5) is 0 Å². The SMILES string of the molecule is C=Cc1cc(C)c(C(C)(C)CCO[Si](C)(C)C(C)(C)C)c(OP(=O)(O)O)c1. The van der Waals surface area contributed by atoms with E-state index in [4.69, 9.17) is 8.95 Å². The molecule has 0 aliphatic heterocycles. The van der Waals surface area contributed by atoms with Crippen LogP contribution in [0.1, 0.15) is 57.7 Å². The van der Waals surface area contributed by atoms with Gasteiger partial charge in [-0.05, 0) is 54.1 Å². The maximum Gasteiger partial charge on any atom is 0.524 e. The minimum atomic E-state index is -4.67. The highest BCUT2D eigenvalue weighted by molar-refractivity contribution is 7.46. The molecule has 5 nitrogen and oxygen atoms in total. The number of rotatable bonds is 8. The molecule has 1 rings (SSSR count). The van der Waals surface area contributed by atoms with E-state index >= 15 is 0 Å². The summed E-state index contributed by atoms with van der Waals surface area (Å²) in [6.07, 6.45) is 2.35. The maximum absolute atomic E-state index is 11.5. The lowest BCUT2D eigenvalue weighted by Gasteiger charge is -2.37. The van der Waals surface area contributed by atoms with Crippen molar-refractivity contribution < 1.29 is 23.3 Å². The van der Waals surface area contributed by atoms with Crippen molar-refractivity contribution in [3.8, 4) is 5.75 Å². The normalized spacial score (nSPS) is 13.6. The fourth-order valence-corrected chi connectivity index (χ4v) is 4.32. The Morgan fingerprint density at radius 2 is 1.74 bits per heavy atom. The van der Waals surface area contributed by atoms with Gasteiger partial charge in [0.05, 0.1) is 0 Å². The van der Waals surface area contributed by atoms with Gasteiger partial charge >= 0.3 is 7.82 Å². The van der Waals surface area contributed by atoms with Crippen molar-refractivity contribution in [3.63, 3.8) is 0 Å². The van der Waals surface area contributed by atoms with Gasteiger partial charge in [0.1, 0.15) is 5.75 Å². The zero-order valence-electron chi connectivity index (χ0n) is 17.9. The van der Waals surface area contributed by atoms with Gasteiger partial charge in [0, 0.05) is 12.2 Å². The molecule has 0 aromatic heterocycles. The average Bonchev–Trinajstić information content (AvgIpc) is 2.42. The molecule has 1 aromatic carbocycles. The van der Waals surface area contributed by atoms with E-state index in [9.17, 15) is 14.4 Å². The van der Waals surface area contributed by atoms with Gasteiger partial charge in [0.2, 0.25) is 0 Å². The van der Waals surface area contributed by atoms with Crippen LogP contribution in [0.15, 0.2) is 18.7 Å². The predicted molar refractivity (Wildman–Crippen MR) is 115 cm³/mol. The highest BCUT2D eigenvalue weighted by Gasteiger charge is 2.38. The molecular formula is C20H35O5PSi. The molecule has 0 spiro atoms. The zero-order valence-corrected chi connectivity index (χ0v) is 19.8. The Labute approximate surface area is 165 Å². The van der Waals surface area contributed by atoms with E-state index < -0.39 is 16.1 Å². The molecule has 0 atom stereocenters. The molecule has 0 radical (unpaired) electrons. The third kappa shape index (κ3) is 6.58. The van der Waals surface area contributed by atoms with Crippen LogP contribution < -0.4 is 4.52 Å². The first-order valence-corrected chi connectivity index (χ1v) is 13.6. The Hall–Kier alpha value is -0.913. The Bertz CT molecular complexity index is 729. The number of hydrogen-bond acceptors (Lipinski definition) is 3. The fraction of sp³-hybridized carbons (Fsp3) is 0.600. The van der Waals surface area contributed by atoms with Crippen LogP contribution in [0.25, 0.3) is 6.08 Å². The third-order valence-electron chi connectivity index (χ3n) is 5.45. The lowest BCUT2D eigenvalue weighted by atomic mass is 9.78. The van der Waals surface area contributed by atoms with Crippen LogP contribution in [-0.4, -0.2) is 24.7 Å². The van der Waals surface area contributed by atoms with Gasteiger partial charge < -0.3 is 8.95 Å². The van der Waals surface area contributed by atoms with E-state index in [0.717, 1.165) is 16.7 Å². The first-order valence-electron chi connectivity index (χ1n) is 9.17. The van der Waals surface area contributed by atoms with Crippen LogP contribution >= 0.6 is 7.82 Å². The van der Waals surface area contributed by atoms with Crippen molar-refractivity contribution in [2.24, 2.45) is 0 Å². The summed E-state index contributed by atoms with van der Waals surface area (Å²) in [4.78, 5) is 18.7. The molecule has 0 aliphatic carbocycles. The Morgan fingerprint density at radius 3 is 2.19 bits per heavy atom. The van der Waals surface area contributed by atoms with Gasteiger partial charge in [0.15, 0.2) is 8.32 Å². The van der Waals surface area contributed by atoms with Gasteiger partial charge in [-0.25, -0.2) is 4.57 Å². The van der Waals surface area contributed by atoms with Gasteiger partial charge in [-0.2, -0.15) is 0 Å². The Morgan fingerprint density at radius 1 is 1.19 bits per heavy atom. The summed E-state index contributed by atoms with van der Waals surface area (Å²) >= 11 is 0. The molecule has 27 heavy (non-hydrogen) atoms. The summed E-state index contributed by atoms with van der Waals surface area (Å²) < 4.78 is 22.8. The molecule has 0 saturated carbocycles. The summed E-state index contributed by atoms with van der Waals surface area (Å²) in [5.41, 5.74) is 2.08. The molecule has 0 saturated heterocycles. The first-order chi connectivity index (χ1) is 12.0. The van der Waals surface area contributed by atoms with Crippen LogP contribution in [0, 0.1) is 6.92 Å². The van der Waals surface area contributed by atoms with Crippen molar-refractivity contribution in [2.75, 3.05) is 6.61 Å². The van der Waals surface area contributed by atoms with Crippen molar-refractivity contribution in [1.82, 2.24) is 0 Å². The summed E-state index contributed by atoms with van der Waals surface area (Å²) in [6.45, 7) is 21.4. The molecule has 7 heteroatoms. The molecule has 2 N–H and O–H groups in total. The number of phosphoric ester groups is 1. The van der Waals surface area contributed by atoms with E-state index in [2.05, 4.69) is 40.4 Å².